The molecule has 2 nitrogen and oxygen atoms in total. The van der Waals surface area contributed by atoms with E-state index in [4.69, 9.17) is 4.74 Å². The predicted octanol–water partition coefficient (Wildman–Crippen LogP) is 5.58. The minimum Gasteiger partial charge on any atom is -0.466 e. The maximum Gasteiger partial charge on any atom is 0.305 e. The highest BCUT2D eigenvalue weighted by atomic mass is 16.5. The quantitative estimate of drug-likeness (QED) is 0.250. The highest BCUT2D eigenvalue weighted by Crippen LogP contribution is 2.04. The molecule has 2 heteroatoms. The third kappa shape index (κ3) is 15.0. The van der Waals surface area contributed by atoms with E-state index in [9.17, 15) is 4.79 Å². The Morgan fingerprint density at radius 3 is 2.00 bits per heavy atom. The highest BCUT2D eigenvalue weighted by molar-refractivity contribution is 5.69. The van der Waals surface area contributed by atoms with Gasteiger partial charge < -0.3 is 4.74 Å². The van der Waals surface area contributed by atoms with Crippen LogP contribution in [0.4, 0.5) is 0 Å². The van der Waals surface area contributed by atoms with Crippen LogP contribution in [0.2, 0.25) is 0 Å². The molecule has 0 N–H and O–H groups in total. The van der Waals surface area contributed by atoms with Gasteiger partial charge in [0.1, 0.15) is 0 Å². The Balaban J connectivity index is 3.27. The molecule has 0 saturated carbocycles. The third-order valence-electron chi connectivity index (χ3n) is 3.11. The molecule has 116 valence electrons. The van der Waals surface area contributed by atoms with E-state index in [0.717, 1.165) is 25.7 Å². The standard InChI is InChI=1S/C18H32O2/c1-3-5-6-7-8-9-10-11-12-13-14-15-16-17-18(19)20-4-2/h9-10,13-14H,3-8,11-12,15-17H2,1-2H3. The van der Waals surface area contributed by atoms with Gasteiger partial charge in [0.2, 0.25) is 0 Å². The summed E-state index contributed by atoms with van der Waals surface area (Å²) in [6.45, 7) is 4.57. The number of unbranched alkanes of at least 4 members (excludes halogenated alkanes) is 6. The first-order chi connectivity index (χ1) is 9.81. The smallest absolute Gasteiger partial charge is 0.305 e. The maximum atomic E-state index is 11.1. The first-order valence-electron chi connectivity index (χ1n) is 8.26. The number of allylic oxidation sites excluding steroid dienone is 4. The summed E-state index contributed by atoms with van der Waals surface area (Å²) in [6.07, 6.45) is 20.2. The van der Waals surface area contributed by atoms with Gasteiger partial charge in [0.15, 0.2) is 0 Å². The van der Waals surface area contributed by atoms with Gasteiger partial charge in [0, 0.05) is 6.42 Å². The van der Waals surface area contributed by atoms with Crippen LogP contribution in [-0.4, -0.2) is 12.6 Å². The Bertz CT molecular complexity index is 267. The van der Waals surface area contributed by atoms with Crippen molar-refractivity contribution in [1.82, 2.24) is 0 Å². The van der Waals surface area contributed by atoms with Gasteiger partial charge in [-0.2, -0.15) is 0 Å². The molecule has 0 aliphatic heterocycles. The normalized spacial score (nSPS) is 11.5. The molecule has 0 amide bonds. The molecular formula is C18H32O2. The summed E-state index contributed by atoms with van der Waals surface area (Å²) in [7, 11) is 0. The second-order valence-corrected chi connectivity index (χ2v) is 5.07. The van der Waals surface area contributed by atoms with Crippen LogP contribution in [0.5, 0.6) is 0 Å². The zero-order valence-corrected chi connectivity index (χ0v) is 13.4. The second kappa shape index (κ2) is 16.0. The second-order valence-electron chi connectivity index (χ2n) is 5.07. The van der Waals surface area contributed by atoms with E-state index >= 15 is 0 Å². The Hall–Kier alpha value is -1.05. The molecule has 0 saturated heterocycles. The van der Waals surface area contributed by atoms with Crippen LogP contribution in [0.3, 0.4) is 0 Å². The molecule has 0 aromatic rings. The largest absolute Gasteiger partial charge is 0.466 e. The Morgan fingerprint density at radius 2 is 1.40 bits per heavy atom. The average Bonchev–Trinajstić information content (AvgIpc) is 2.44. The fourth-order valence-electron chi connectivity index (χ4n) is 1.95. The van der Waals surface area contributed by atoms with E-state index in [1.165, 1.54) is 32.1 Å². The van der Waals surface area contributed by atoms with Gasteiger partial charge in [-0.1, -0.05) is 50.5 Å². The molecule has 0 aromatic carbocycles. The van der Waals surface area contributed by atoms with Crippen LogP contribution >= 0.6 is 0 Å². The van der Waals surface area contributed by atoms with Crippen molar-refractivity contribution in [3.63, 3.8) is 0 Å². The summed E-state index contributed by atoms with van der Waals surface area (Å²) in [6, 6.07) is 0. The Morgan fingerprint density at radius 1 is 0.800 bits per heavy atom. The van der Waals surface area contributed by atoms with Crippen LogP contribution in [-0.2, 0) is 9.53 Å². The van der Waals surface area contributed by atoms with E-state index in [2.05, 4.69) is 31.2 Å². The third-order valence-corrected chi connectivity index (χ3v) is 3.11. The lowest BCUT2D eigenvalue weighted by Gasteiger charge is -1.98. The molecule has 0 fully saturated rings. The van der Waals surface area contributed by atoms with Gasteiger partial charge in [-0.15, -0.1) is 0 Å². The van der Waals surface area contributed by atoms with Crippen LogP contribution in [0.15, 0.2) is 24.3 Å². The van der Waals surface area contributed by atoms with Gasteiger partial charge in [0.25, 0.3) is 0 Å². The van der Waals surface area contributed by atoms with Gasteiger partial charge in [0.05, 0.1) is 6.61 Å². The number of carbonyl (C=O) groups is 1. The highest BCUT2D eigenvalue weighted by Gasteiger charge is 1.98. The number of hydrogen-bond donors (Lipinski definition) is 0. The molecule has 0 aliphatic carbocycles. The first kappa shape index (κ1) is 18.9. The number of hydrogen-bond acceptors (Lipinski definition) is 2. The van der Waals surface area contributed by atoms with E-state index in [0.29, 0.717) is 13.0 Å². The van der Waals surface area contributed by atoms with Crippen molar-refractivity contribution in [2.24, 2.45) is 0 Å². The Kier molecular flexibility index (Phi) is 15.2. The van der Waals surface area contributed by atoms with Crippen LogP contribution < -0.4 is 0 Å². The summed E-state index contributed by atoms with van der Waals surface area (Å²) in [5, 5.41) is 0. The number of esters is 1. The molecule has 0 rings (SSSR count). The summed E-state index contributed by atoms with van der Waals surface area (Å²) in [5.74, 6) is -0.0769. The van der Waals surface area contributed by atoms with E-state index in [-0.39, 0.29) is 5.97 Å². The van der Waals surface area contributed by atoms with Crippen molar-refractivity contribution in [2.45, 2.75) is 78.1 Å². The summed E-state index contributed by atoms with van der Waals surface area (Å²) in [4.78, 5) is 11.1. The van der Waals surface area contributed by atoms with E-state index in [1.54, 1.807) is 0 Å². The van der Waals surface area contributed by atoms with Crippen molar-refractivity contribution >= 4 is 5.97 Å². The van der Waals surface area contributed by atoms with E-state index in [1.807, 2.05) is 6.92 Å². The molecular weight excluding hydrogens is 248 g/mol. The van der Waals surface area contributed by atoms with Crippen LogP contribution in [0, 0.1) is 0 Å². The van der Waals surface area contributed by atoms with Crippen LogP contribution in [0.1, 0.15) is 78.1 Å². The molecule has 20 heavy (non-hydrogen) atoms. The zero-order chi connectivity index (χ0) is 14.9. The molecule has 0 unspecified atom stereocenters. The van der Waals surface area contributed by atoms with E-state index < -0.39 is 0 Å². The van der Waals surface area contributed by atoms with Gasteiger partial charge in [-0.3, -0.25) is 4.79 Å². The zero-order valence-electron chi connectivity index (χ0n) is 13.4. The van der Waals surface area contributed by atoms with Gasteiger partial charge >= 0.3 is 5.97 Å². The van der Waals surface area contributed by atoms with Crippen LogP contribution in [0.25, 0.3) is 0 Å². The SMILES string of the molecule is CCCCCCC=CCCC=CCCCC(=O)OCC. The van der Waals surface area contributed by atoms with Crippen molar-refractivity contribution in [3.8, 4) is 0 Å². The topological polar surface area (TPSA) is 26.3 Å². The first-order valence-corrected chi connectivity index (χ1v) is 8.26. The fourth-order valence-corrected chi connectivity index (χ4v) is 1.95. The predicted molar refractivity (Wildman–Crippen MR) is 86.8 cm³/mol. The number of carbonyl (C=O) groups excluding carboxylic acids is 1. The maximum absolute atomic E-state index is 11.1. The lowest BCUT2D eigenvalue weighted by Crippen LogP contribution is -2.02. The molecule has 0 radical (unpaired) electrons. The van der Waals surface area contributed by atoms with Gasteiger partial charge in [-0.05, 0) is 45.4 Å². The minimum atomic E-state index is -0.0769. The summed E-state index contributed by atoms with van der Waals surface area (Å²) < 4.78 is 4.88. The monoisotopic (exact) mass is 280 g/mol. The number of rotatable bonds is 13. The average molecular weight is 280 g/mol. The molecule has 0 aliphatic rings. The van der Waals surface area contributed by atoms with Crippen molar-refractivity contribution in [1.29, 1.82) is 0 Å². The summed E-state index contributed by atoms with van der Waals surface area (Å²) >= 11 is 0. The van der Waals surface area contributed by atoms with Gasteiger partial charge in [-0.25, -0.2) is 0 Å². The van der Waals surface area contributed by atoms with Crippen molar-refractivity contribution in [2.75, 3.05) is 6.61 Å². The summed E-state index contributed by atoms with van der Waals surface area (Å²) in [5.41, 5.74) is 0. The molecule has 0 spiro atoms. The van der Waals surface area contributed by atoms with Crippen molar-refractivity contribution in [3.05, 3.63) is 24.3 Å². The van der Waals surface area contributed by atoms with Crippen molar-refractivity contribution < 1.29 is 9.53 Å². The fraction of sp³-hybridized carbons (Fsp3) is 0.722. The molecule has 0 heterocycles. The molecule has 0 atom stereocenters. The minimum absolute atomic E-state index is 0.0769. The Labute approximate surface area is 125 Å². The lowest BCUT2D eigenvalue weighted by molar-refractivity contribution is -0.143. The molecule has 0 aromatic heterocycles. The number of ether oxygens (including phenoxy) is 1. The lowest BCUT2D eigenvalue weighted by atomic mass is 10.1. The molecule has 0 bridgehead atoms.